The Hall–Kier alpha value is -2.15. The molecule has 0 unspecified atom stereocenters. The van der Waals surface area contributed by atoms with Crippen LogP contribution in [0.1, 0.15) is 12.8 Å². The van der Waals surface area contributed by atoms with Gasteiger partial charge < -0.3 is 24.4 Å². The van der Waals surface area contributed by atoms with Crippen LogP contribution in [-0.2, 0) is 9.47 Å². The summed E-state index contributed by atoms with van der Waals surface area (Å²) < 4.78 is 16.1. The van der Waals surface area contributed by atoms with Gasteiger partial charge in [-0.25, -0.2) is 9.59 Å². The minimum absolute atomic E-state index is 0.0502. The van der Waals surface area contributed by atoms with Crippen LogP contribution in [0, 0.1) is 0 Å². The van der Waals surface area contributed by atoms with E-state index < -0.39 is 11.6 Å². The minimum Gasteiger partial charge on any atom is -0.490 e. The molecule has 2 saturated heterocycles. The summed E-state index contributed by atoms with van der Waals surface area (Å²) in [6, 6.07) is 7.19. The number of hydrogen-bond acceptors (Lipinski definition) is 5. The number of halogens is 1. The van der Waals surface area contributed by atoms with Gasteiger partial charge in [-0.2, -0.15) is 0 Å². The number of amides is 2. The van der Waals surface area contributed by atoms with E-state index in [0.717, 1.165) is 5.75 Å². The second-order valence-electron chi connectivity index (χ2n) is 6.51. The number of nitrogens with zero attached hydrogens (tertiary/aromatic N) is 1. The number of hydrogen-bond donors (Lipinski definition) is 1. The first-order valence-corrected chi connectivity index (χ1v) is 8.22. The Bertz CT molecular complexity index is 653. The average Bonchev–Trinajstić information content (AvgIpc) is 2.88. The molecule has 1 aromatic rings. The quantitative estimate of drug-likeness (QED) is 0.902. The molecule has 24 heavy (non-hydrogen) atoms. The van der Waals surface area contributed by atoms with Gasteiger partial charge in [0.25, 0.3) is 0 Å². The van der Waals surface area contributed by atoms with Crippen molar-refractivity contribution in [2.24, 2.45) is 0 Å². The molecule has 2 heterocycles. The van der Waals surface area contributed by atoms with Crippen molar-refractivity contribution in [1.82, 2.24) is 10.2 Å². The maximum absolute atomic E-state index is 12.0. The lowest BCUT2D eigenvalue weighted by Gasteiger charge is -2.46. The summed E-state index contributed by atoms with van der Waals surface area (Å²) in [6.45, 7) is 1.15. The Morgan fingerprint density at radius 3 is 2.58 bits per heavy atom. The zero-order chi connectivity index (χ0) is 16.7. The second-order valence-corrected chi connectivity index (χ2v) is 6.94. The number of ether oxygens (including phenoxy) is 3. The fourth-order valence-corrected chi connectivity index (χ4v) is 3.23. The first-order valence-electron chi connectivity index (χ1n) is 7.84. The molecule has 128 valence electrons. The van der Waals surface area contributed by atoms with Gasteiger partial charge in [-0.15, -0.1) is 0 Å². The Kier molecular flexibility index (Phi) is 3.68. The lowest BCUT2D eigenvalue weighted by atomic mass is 9.91. The van der Waals surface area contributed by atoms with E-state index in [0.29, 0.717) is 37.6 Å². The van der Waals surface area contributed by atoms with Crippen molar-refractivity contribution in [3.05, 3.63) is 29.3 Å². The normalized spacial score (nSPS) is 26.9. The molecule has 1 aromatic carbocycles. The molecule has 8 heteroatoms. The third kappa shape index (κ3) is 2.96. The van der Waals surface area contributed by atoms with Gasteiger partial charge in [-0.1, -0.05) is 11.6 Å². The van der Waals surface area contributed by atoms with E-state index in [4.69, 9.17) is 25.8 Å². The van der Waals surface area contributed by atoms with Gasteiger partial charge in [-0.05, 0) is 24.3 Å². The first kappa shape index (κ1) is 15.4. The highest BCUT2D eigenvalue weighted by Gasteiger charge is 2.52. The van der Waals surface area contributed by atoms with Crippen LogP contribution in [-0.4, -0.2) is 54.5 Å². The van der Waals surface area contributed by atoms with E-state index >= 15 is 0 Å². The highest BCUT2D eigenvalue weighted by molar-refractivity contribution is 6.30. The maximum Gasteiger partial charge on any atom is 0.410 e. The molecule has 0 bridgehead atoms. The molecule has 0 radical (unpaired) electrons. The van der Waals surface area contributed by atoms with Crippen LogP contribution in [0.4, 0.5) is 9.59 Å². The number of benzene rings is 1. The standard InChI is InChI=1S/C16H17ClN2O5/c17-10-1-3-11(4-2-10)23-12-5-13(6-12)24-15(21)19-7-16(8-19)9-22-14(20)18-16/h1-4,12-13H,5-9H2,(H,18,20). The summed E-state index contributed by atoms with van der Waals surface area (Å²) in [6.07, 6.45) is 0.497. The summed E-state index contributed by atoms with van der Waals surface area (Å²) >= 11 is 5.83. The summed E-state index contributed by atoms with van der Waals surface area (Å²) in [5.74, 6) is 0.760. The van der Waals surface area contributed by atoms with E-state index in [-0.39, 0.29) is 18.3 Å². The van der Waals surface area contributed by atoms with Crippen LogP contribution < -0.4 is 10.1 Å². The van der Waals surface area contributed by atoms with Crippen molar-refractivity contribution in [2.45, 2.75) is 30.6 Å². The highest BCUT2D eigenvalue weighted by atomic mass is 35.5. The maximum atomic E-state index is 12.0. The molecule has 2 amide bonds. The van der Waals surface area contributed by atoms with Crippen molar-refractivity contribution >= 4 is 23.8 Å². The van der Waals surface area contributed by atoms with Crippen LogP contribution >= 0.6 is 11.6 Å². The molecule has 3 fully saturated rings. The van der Waals surface area contributed by atoms with Crippen LogP contribution in [0.2, 0.25) is 5.02 Å². The molecule has 4 rings (SSSR count). The summed E-state index contributed by atoms with van der Waals surface area (Å²) in [7, 11) is 0. The first-order chi connectivity index (χ1) is 11.5. The average molecular weight is 353 g/mol. The van der Waals surface area contributed by atoms with Gasteiger partial charge in [0.15, 0.2) is 0 Å². The molecule has 1 spiro atoms. The molecular weight excluding hydrogens is 336 g/mol. The largest absolute Gasteiger partial charge is 0.490 e. The Morgan fingerprint density at radius 1 is 1.25 bits per heavy atom. The summed E-state index contributed by atoms with van der Waals surface area (Å²) in [4.78, 5) is 24.7. The molecule has 1 saturated carbocycles. The van der Waals surface area contributed by atoms with Gasteiger partial charge in [0.05, 0.1) is 13.1 Å². The van der Waals surface area contributed by atoms with E-state index in [1.54, 1.807) is 17.0 Å². The second kappa shape index (κ2) is 5.73. The Labute approximate surface area is 143 Å². The van der Waals surface area contributed by atoms with E-state index in [2.05, 4.69) is 5.32 Å². The molecule has 1 N–H and O–H groups in total. The Balaban J connectivity index is 1.18. The number of alkyl carbamates (subject to hydrolysis) is 1. The van der Waals surface area contributed by atoms with Gasteiger partial charge in [0.1, 0.15) is 30.1 Å². The zero-order valence-corrected chi connectivity index (χ0v) is 13.6. The summed E-state index contributed by atoms with van der Waals surface area (Å²) in [5.41, 5.74) is -0.421. The predicted octanol–water partition coefficient (Wildman–Crippen LogP) is 2.18. The fraction of sp³-hybridized carbons (Fsp3) is 0.500. The number of nitrogens with one attached hydrogen (secondary N) is 1. The van der Waals surface area contributed by atoms with Crippen molar-refractivity contribution in [3.8, 4) is 5.75 Å². The third-order valence-corrected chi connectivity index (χ3v) is 4.78. The molecule has 2 aliphatic heterocycles. The van der Waals surface area contributed by atoms with Gasteiger partial charge >= 0.3 is 12.2 Å². The number of cyclic esters (lactones) is 1. The predicted molar refractivity (Wildman–Crippen MR) is 84.2 cm³/mol. The molecule has 3 aliphatic rings. The smallest absolute Gasteiger partial charge is 0.410 e. The van der Waals surface area contributed by atoms with Crippen LogP contribution in [0.25, 0.3) is 0 Å². The lowest BCUT2D eigenvalue weighted by molar-refractivity contribution is -0.0500. The van der Waals surface area contributed by atoms with E-state index in [9.17, 15) is 9.59 Å². The molecule has 0 aromatic heterocycles. The fourth-order valence-electron chi connectivity index (χ4n) is 3.11. The van der Waals surface area contributed by atoms with E-state index in [1.165, 1.54) is 0 Å². The highest BCUT2D eigenvalue weighted by Crippen LogP contribution is 2.31. The molecule has 1 aliphatic carbocycles. The van der Waals surface area contributed by atoms with Gasteiger partial charge in [-0.3, -0.25) is 0 Å². The third-order valence-electron chi connectivity index (χ3n) is 4.53. The topological polar surface area (TPSA) is 77.1 Å². The lowest BCUT2D eigenvalue weighted by Crippen LogP contribution is -2.70. The molecule has 7 nitrogen and oxygen atoms in total. The number of likely N-dealkylation sites (tertiary alicyclic amines) is 1. The van der Waals surface area contributed by atoms with E-state index in [1.807, 2.05) is 12.1 Å². The van der Waals surface area contributed by atoms with Crippen molar-refractivity contribution in [3.63, 3.8) is 0 Å². The van der Waals surface area contributed by atoms with Gasteiger partial charge in [0.2, 0.25) is 0 Å². The zero-order valence-electron chi connectivity index (χ0n) is 12.9. The number of rotatable bonds is 3. The van der Waals surface area contributed by atoms with Crippen LogP contribution in [0.5, 0.6) is 5.75 Å². The van der Waals surface area contributed by atoms with Crippen molar-refractivity contribution < 1.29 is 23.8 Å². The van der Waals surface area contributed by atoms with Crippen LogP contribution in [0.15, 0.2) is 24.3 Å². The minimum atomic E-state index is -0.427. The SMILES string of the molecule is O=C1NC2(CO1)CN(C(=O)OC1CC(Oc3ccc(Cl)cc3)C1)C2. The number of carbonyl (C=O) groups is 2. The van der Waals surface area contributed by atoms with Crippen LogP contribution in [0.3, 0.4) is 0 Å². The molecule has 0 atom stereocenters. The Morgan fingerprint density at radius 2 is 1.96 bits per heavy atom. The van der Waals surface area contributed by atoms with Crippen molar-refractivity contribution in [1.29, 1.82) is 0 Å². The monoisotopic (exact) mass is 352 g/mol. The van der Waals surface area contributed by atoms with Crippen molar-refractivity contribution in [2.75, 3.05) is 19.7 Å². The number of carbonyl (C=O) groups excluding carboxylic acids is 2. The summed E-state index contributed by atoms with van der Waals surface area (Å²) in [5, 5.41) is 3.40. The molecular formula is C16H17ClN2O5. The van der Waals surface area contributed by atoms with Gasteiger partial charge in [0, 0.05) is 17.9 Å².